The van der Waals surface area contributed by atoms with Gasteiger partial charge < -0.3 is 5.32 Å². The van der Waals surface area contributed by atoms with Crippen molar-refractivity contribution in [1.29, 1.82) is 0 Å². The van der Waals surface area contributed by atoms with Crippen LogP contribution in [0.5, 0.6) is 0 Å². The quantitative estimate of drug-likeness (QED) is 0.514. The molecule has 9 nitrogen and oxygen atoms in total. The summed E-state index contributed by atoms with van der Waals surface area (Å²) in [6.45, 7) is 1.68. The zero-order chi connectivity index (χ0) is 21.6. The molecule has 0 atom stereocenters. The zero-order valence-corrected chi connectivity index (χ0v) is 17.1. The molecule has 4 aromatic rings. The predicted molar refractivity (Wildman–Crippen MR) is 111 cm³/mol. The lowest BCUT2D eigenvalue weighted by molar-refractivity contribution is -0.115. The Bertz CT molecular complexity index is 1410. The average Bonchev–Trinajstić information content (AvgIpc) is 3.34. The Morgan fingerprint density at radius 2 is 2.03 bits per heavy atom. The molecule has 154 valence electrons. The van der Waals surface area contributed by atoms with Crippen molar-refractivity contribution in [3.8, 4) is 11.3 Å². The van der Waals surface area contributed by atoms with Crippen LogP contribution in [0, 0.1) is 12.7 Å². The van der Waals surface area contributed by atoms with E-state index in [9.17, 15) is 18.8 Å². The molecule has 3 heterocycles. The van der Waals surface area contributed by atoms with Crippen molar-refractivity contribution in [2.24, 2.45) is 14.1 Å². The minimum absolute atomic E-state index is 0.179. The number of nitrogens with zero attached hydrogens (tertiary/aromatic N) is 4. The molecule has 2 N–H and O–H groups in total. The second-order valence-electron chi connectivity index (χ2n) is 6.83. The number of thiazole rings is 1. The predicted octanol–water partition coefficient (Wildman–Crippen LogP) is 1.71. The number of hydrogen-bond acceptors (Lipinski definition) is 6. The fraction of sp³-hybridized carbons (Fsp3) is 0.211. The molecule has 0 radical (unpaired) electrons. The highest BCUT2D eigenvalue weighted by Gasteiger charge is 2.18. The molecule has 0 bridgehead atoms. The summed E-state index contributed by atoms with van der Waals surface area (Å²) in [4.78, 5) is 41.3. The van der Waals surface area contributed by atoms with Crippen molar-refractivity contribution in [2.45, 2.75) is 13.3 Å². The number of fused-ring (bicyclic) bond motifs is 1. The summed E-state index contributed by atoms with van der Waals surface area (Å²) in [5.41, 5.74) is 1.16. The van der Waals surface area contributed by atoms with Gasteiger partial charge in [0.1, 0.15) is 16.9 Å². The fourth-order valence-electron chi connectivity index (χ4n) is 3.07. The number of carbonyl (C=O) groups is 1. The Labute approximate surface area is 172 Å². The van der Waals surface area contributed by atoms with E-state index in [4.69, 9.17) is 0 Å². The Morgan fingerprint density at radius 3 is 2.77 bits per heavy atom. The number of carbonyl (C=O) groups excluding carboxylic acids is 1. The SMILES string of the molecule is Cc1ccc(-c2csc(NC(=O)Cc3n[nH]c4c3c(=O)n(C)c(=O)n4C)n2)cc1F. The van der Waals surface area contributed by atoms with E-state index in [-0.39, 0.29) is 29.0 Å². The van der Waals surface area contributed by atoms with Crippen LogP contribution in [0.25, 0.3) is 22.3 Å². The van der Waals surface area contributed by atoms with Crippen LogP contribution in [0.15, 0.2) is 33.2 Å². The fourth-order valence-corrected chi connectivity index (χ4v) is 3.81. The molecule has 1 aromatic carbocycles. The maximum absolute atomic E-state index is 13.8. The molecule has 0 spiro atoms. The van der Waals surface area contributed by atoms with Crippen LogP contribution in [-0.4, -0.2) is 30.2 Å². The summed E-state index contributed by atoms with van der Waals surface area (Å²) in [5.74, 6) is -0.747. The zero-order valence-electron chi connectivity index (χ0n) is 16.3. The van der Waals surface area contributed by atoms with Crippen molar-refractivity contribution in [3.05, 3.63) is 61.5 Å². The van der Waals surface area contributed by atoms with E-state index in [0.29, 0.717) is 22.0 Å². The van der Waals surface area contributed by atoms with Crippen molar-refractivity contribution < 1.29 is 9.18 Å². The number of aryl methyl sites for hydroxylation is 2. The molecular weight excluding hydrogens is 411 g/mol. The van der Waals surface area contributed by atoms with E-state index in [0.717, 1.165) is 4.57 Å². The molecular formula is C19H17FN6O3S. The van der Waals surface area contributed by atoms with E-state index >= 15 is 0 Å². The van der Waals surface area contributed by atoms with Gasteiger partial charge in [-0.15, -0.1) is 11.3 Å². The van der Waals surface area contributed by atoms with Gasteiger partial charge >= 0.3 is 5.69 Å². The van der Waals surface area contributed by atoms with Crippen LogP contribution in [0.4, 0.5) is 9.52 Å². The largest absolute Gasteiger partial charge is 0.332 e. The van der Waals surface area contributed by atoms with Crippen LogP contribution < -0.4 is 16.6 Å². The second-order valence-corrected chi connectivity index (χ2v) is 7.68. The molecule has 3 aromatic heterocycles. The normalized spacial score (nSPS) is 11.2. The monoisotopic (exact) mass is 428 g/mol. The molecule has 0 aliphatic heterocycles. The van der Waals surface area contributed by atoms with Gasteiger partial charge in [0.25, 0.3) is 5.56 Å². The summed E-state index contributed by atoms with van der Waals surface area (Å²) in [5, 5.41) is 11.6. The first kappa shape index (κ1) is 19.7. The summed E-state index contributed by atoms with van der Waals surface area (Å²) >= 11 is 1.20. The van der Waals surface area contributed by atoms with Crippen LogP contribution in [0.2, 0.25) is 0 Å². The molecule has 0 saturated heterocycles. The molecule has 4 rings (SSSR count). The van der Waals surface area contributed by atoms with Gasteiger partial charge in [-0.2, -0.15) is 5.10 Å². The number of nitrogens with one attached hydrogen (secondary N) is 2. The molecule has 30 heavy (non-hydrogen) atoms. The van der Waals surface area contributed by atoms with Crippen LogP contribution in [-0.2, 0) is 25.3 Å². The summed E-state index contributed by atoms with van der Waals surface area (Å²) in [6.07, 6.45) is -0.179. The highest BCUT2D eigenvalue weighted by Crippen LogP contribution is 2.26. The Kier molecular flexibility index (Phi) is 4.82. The lowest BCUT2D eigenvalue weighted by atomic mass is 10.1. The summed E-state index contributed by atoms with van der Waals surface area (Å²) in [7, 11) is 2.88. The number of halogens is 1. The molecule has 0 saturated carbocycles. The van der Waals surface area contributed by atoms with Gasteiger partial charge in [-0.1, -0.05) is 12.1 Å². The maximum atomic E-state index is 13.8. The maximum Gasteiger partial charge on any atom is 0.332 e. The van der Waals surface area contributed by atoms with Gasteiger partial charge in [-0.05, 0) is 18.6 Å². The topological polar surface area (TPSA) is 115 Å². The number of anilines is 1. The Hall–Kier alpha value is -3.60. The molecule has 0 fully saturated rings. The Balaban J connectivity index is 1.56. The lowest BCUT2D eigenvalue weighted by Crippen LogP contribution is -2.37. The smallest absolute Gasteiger partial charge is 0.302 e. The third-order valence-corrected chi connectivity index (χ3v) is 5.55. The first-order chi connectivity index (χ1) is 14.3. The molecule has 1 amide bonds. The molecule has 11 heteroatoms. The van der Waals surface area contributed by atoms with Crippen LogP contribution in [0.3, 0.4) is 0 Å². The number of aromatic amines is 1. The minimum atomic E-state index is -0.525. The van der Waals surface area contributed by atoms with Gasteiger partial charge in [0.15, 0.2) is 5.13 Å². The van der Waals surface area contributed by atoms with Crippen molar-refractivity contribution >= 4 is 33.4 Å². The third-order valence-electron chi connectivity index (χ3n) is 4.80. The lowest BCUT2D eigenvalue weighted by Gasteiger charge is -2.04. The standard InChI is InChI=1S/C19H17FN6O3S/c1-9-4-5-10(6-11(9)20)13-8-30-18(21-13)22-14(27)7-12-15-16(24-23-12)25(2)19(29)26(3)17(15)28/h4-6,8H,7H2,1-3H3,(H,23,24)(H,21,22,27). The minimum Gasteiger partial charge on any atom is -0.302 e. The van der Waals surface area contributed by atoms with E-state index in [1.165, 1.54) is 36.1 Å². The van der Waals surface area contributed by atoms with Crippen molar-refractivity contribution in [3.63, 3.8) is 0 Å². The summed E-state index contributed by atoms with van der Waals surface area (Å²) < 4.78 is 16.0. The van der Waals surface area contributed by atoms with Crippen molar-refractivity contribution in [2.75, 3.05) is 5.32 Å². The van der Waals surface area contributed by atoms with E-state index < -0.39 is 17.2 Å². The number of hydrogen-bond donors (Lipinski definition) is 2. The first-order valence-corrected chi connectivity index (χ1v) is 9.79. The van der Waals surface area contributed by atoms with E-state index in [1.807, 2.05) is 0 Å². The van der Waals surface area contributed by atoms with Gasteiger partial charge in [0.05, 0.1) is 17.8 Å². The van der Waals surface area contributed by atoms with E-state index in [2.05, 4.69) is 20.5 Å². The number of rotatable bonds is 4. The number of aromatic nitrogens is 5. The third kappa shape index (κ3) is 3.32. The van der Waals surface area contributed by atoms with Crippen LogP contribution >= 0.6 is 11.3 Å². The molecule has 0 aliphatic rings. The molecule has 0 unspecified atom stereocenters. The van der Waals surface area contributed by atoms with Gasteiger partial charge in [0, 0.05) is 25.0 Å². The van der Waals surface area contributed by atoms with Gasteiger partial charge in [-0.25, -0.2) is 14.2 Å². The highest BCUT2D eigenvalue weighted by atomic mass is 32.1. The number of H-pyrrole nitrogens is 1. The van der Waals surface area contributed by atoms with Gasteiger partial charge in [0.2, 0.25) is 5.91 Å². The first-order valence-electron chi connectivity index (χ1n) is 8.91. The molecule has 0 aliphatic carbocycles. The average molecular weight is 428 g/mol. The summed E-state index contributed by atoms with van der Waals surface area (Å²) in [6, 6.07) is 4.82. The van der Waals surface area contributed by atoms with Crippen molar-refractivity contribution in [1.82, 2.24) is 24.3 Å². The van der Waals surface area contributed by atoms with E-state index in [1.54, 1.807) is 24.4 Å². The van der Waals surface area contributed by atoms with Crippen LogP contribution in [0.1, 0.15) is 11.3 Å². The Morgan fingerprint density at radius 1 is 1.27 bits per heavy atom. The number of amides is 1. The highest BCUT2D eigenvalue weighted by molar-refractivity contribution is 7.14. The number of benzene rings is 1. The van der Waals surface area contributed by atoms with Gasteiger partial charge in [-0.3, -0.25) is 23.8 Å². The second kappa shape index (κ2) is 7.34.